The number of ether oxygens (including phenoxy) is 1. The first-order chi connectivity index (χ1) is 17.1. The summed E-state index contributed by atoms with van der Waals surface area (Å²) in [5.74, 6) is -5.53. The summed E-state index contributed by atoms with van der Waals surface area (Å²) in [6.45, 7) is 2.61. The van der Waals surface area contributed by atoms with Crippen LogP contribution in [0, 0.1) is 10.1 Å². The Bertz CT molecular complexity index is 1170. The van der Waals surface area contributed by atoms with Gasteiger partial charge in [-0.25, -0.2) is 4.98 Å². The predicted octanol–water partition coefficient (Wildman–Crippen LogP) is 3.96. The number of nitrogens with zero attached hydrogens (tertiary/aromatic N) is 2. The molecule has 3 N–H and O–H groups in total. The van der Waals surface area contributed by atoms with Crippen molar-refractivity contribution >= 4 is 17.5 Å². The number of carbonyl (C=O) groups excluding carboxylic acids is 2. The molecule has 1 aromatic heterocycles. The van der Waals surface area contributed by atoms with Crippen LogP contribution in [0.2, 0.25) is 0 Å². The maximum absolute atomic E-state index is 14.1. The molecule has 16 heteroatoms. The summed E-state index contributed by atoms with van der Waals surface area (Å²) in [5, 5.41) is 20.6. The fourth-order valence-electron chi connectivity index (χ4n) is 2.97. The first kappa shape index (κ1) is 29.0. The Morgan fingerprint density at radius 2 is 1.76 bits per heavy atom. The summed E-state index contributed by atoms with van der Waals surface area (Å²) < 4.78 is 86.0. The van der Waals surface area contributed by atoms with Crippen LogP contribution < -0.4 is 10.9 Å². The van der Waals surface area contributed by atoms with E-state index < -0.39 is 70.5 Å². The second-order valence-electron chi connectivity index (χ2n) is 7.32. The summed E-state index contributed by atoms with van der Waals surface area (Å²) in [6.07, 6.45) is -10.9. The third-order valence-electron chi connectivity index (χ3n) is 4.84. The van der Waals surface area contributed by atoms with Gasteiger partial charge in [0.15, 0.2) is 0 Å². The number of hydrazine groups is 1. The minimum Gasteiger partial charge on any atom is -0.493 e. The minimum absolute atomic E-state index is 0.188. The number of allylic oxidation sites excluding steroid dienone is 1. The van der Waals surface area contributed by atoms with Gasteiger partial charge in [-0.1, -0.05) is 36.4 Å². The fraction of sp³-hybridized carbons (Fsp3) is 0.286. The molecule has 37 heavy (non-hydrogen) atoms. The van der Waals surface area contributed by atoms with Crippen LogP contribution in [0.25, 0.3) is 0 Å². The zero-order valence-corrected chi connectivity index (χ0v) is 18.5. The van der Waals surface area contributed by atoms with E-state index in [1.165, 1.54) is 35.1 Å². The van der Waals surface area contributed by atoms with Crippen molar-refractivity contribution in [3.05, 3.63) is 76.0 Å². The lowest BCUT2D eigenvalue weighted by molar-refractivity contribution is -0.385. The highest BCUT2D eigenvalue weighted by Crippen LogP contribution is 2.39. The molecule has 0 aliphatic rings. The summed E-state index contributed by atoms with van der Waals surface area (Å²) in [5.41, 5.74) is -5.30. The van der Waals surface area contributed by atoms with E-state index in [1.54, 1.807) is 6.07 Å². The summed E-state index contributed by atoms with van der Waals surface area (Å²) in [6, 6.07) is 7.28. The number of benzene rings is 1. The van der Waals surface area contributed by atoms with Crippen LogP contribution in [0.3, 0.4) is 0 Å². The Morgan fingerprint density at radius 3 is 2.27 bits per heavy atom. The number of carbonyl (C=O) groups is 2. The van der Waals surface area contributed by atoms with Gasteiger partial charge in [0.2, 0.25) is 17.2 Å². The number of aromatic hydroxyl groups is 1. The number of hydrogen-bond donors (Lipinski definition) is 3. The van der Waals surface area contributed by atoms with Crippen molar-refractivity contribution < 1.29 is 50.7 Å². The molecular formula is C21H18F6N4O6. The molecule has 2 amide bonds. The Labute approximate surface area is 204 Å². The van der Waals surface area contributed by atoms with E-state index in [-0.39, 0.29) is 18.1 Å². The lowest BCUT2D eigenvalue weighted by Crippen LogP contribution is -2.61. The van der Waals surface area contributed by atoms with E-state index in [2.05, 4.69) is 11.6 Å². The standard InChI is InChI=1S/C21H18F6N4O6/c1-2-3-9-19(21(25,26)27,37-11-12-7-5-4-6-8-12)18(34)30-29-17(33)15-14(31(35)36)10-13(16(32)28-15)20(22,23)24/h2,4-8,10H,1,3,9,11H2,(H,28,32)(H,29,33)(H,30,34). The summed E-state index contributed by atoms with van der Waals surface area (Å²) in [4.78, 5) is 37.6. The van der Waals surface area contributed by atoms with Crippen LogP contribution in [0.15, 0.2) is 49.1 Å². The zero-order valence-electron chi connectivity index (χ0n) is 18.5. The van der Waals surface area contributed by atoms with Crippen molar-refractivity contribution in [3.63, 3.8) is 0 Å². The van der Waals surface area contributed by atoms with Crippen molar-refractivity contribution in [1.29, 1.82) is 0 Å². The van der Waals surface area contributed by atoms with Gasteiger partial charge in [-0.2, -0.15) is 26.3 Å². The molecule has 200 valence electrons. The maximum atomic E-state index is 14.1. The maximum Gasteiger partial charge on any atom is 0.426 e. The van der Waals surface area contributed by atoms with Gasteiger partial charge in [-0.05, 0) is 18.4 Å². The van der Waals surface area contributed by atoms with Crippen LogP contribution in [0.1, 0.15) is 34.5 Å². The minimum atomic E-state index is -5.34. The van der Waals surface area contributed by atoms with Crippen LogP contribution >= 0.6 is 0 Å². The van der Waals surface area contributed by atoms with Gasteiger partial charge in [-0.15, -0.1) is 6.58 Å². The molecule has 0 bridgehead atoms. The number of halogens is 6. The third kappa shape index (κ3) is 6.72. The van der Waals surface area contributed by atoms with Crippen molar-refractivity contribution in [3.8, 4) is 5.88 Å². The molecule has 0 aliphatic heterocycles. The number of pyridine rings is 1. The second kappa shape index (κ2) is 11.2. The average molecular weight is 536 g/mol. The molecule has 1 atom stereocenters. The van der Waals surface area contributed by atoms with Crippen LogP contribution in [0.4, 0.5) is 32.0 Å². The van der Waals surface area contributed by atoms with E-state index in [0.717, 1.165) is 6.08 Å². The molecular weight excluding hydrogens is 518 g/mol. The van der Waals surface area contributed by atoms with E-state index in [0.29, 0.717) is 0 Å². The summed E-state index contributed by atoms with van der Waals surface area (Å²) in [7, 11) is 0. The number of hydrogen-bond acceptors (Lipinski definition) is 7. The fourth-order valence-corrected chi connectivity index (χ4v) is 2.97. The SMILES string of the molecule is C=CCCC(OCc1ccccc1)(C(=O)NNC(=O)c1nc(O)c(C(F)(F)F)cc1[N+](=O)[O-])C(F)(F)F. The smallest absolute Gasteiger partial charge is 0.426 e. The number of alkyl halides is 6. The largest absolute Gasteiger partial charge is 0.493 e. The zero-order chi connectivity index (χ0) is 28.0. The molecule has 2 aromatic rings. The van der Waals surface area contributed by atoms with Gasteiger partial charge in [-0.3, -0.25) is 30.6 Å². The average Bonchev–Trinajstić information content (AvgIpc) is 2.81. The molecule has 0 spiro atoms. The van der Waals surface area contributed by atoms with Crippen LogP contribution in [0.5, 0.6) is 5.88 Å². The Kier molecular flexibility index (Phi) is 8.81. The summed E-state index contributed by atoms with van der Waals surface area (Å²) >= 11 is 0. The molecule has 0 aliphatic carbocycles. The van der Waals surface area contributed by atoms with Gasteiger partial charge < -0.3 is 9.84 Å². The highest BCUT2D eigenvalue weighted by molar-refractivity contribution is 5.98. The van der Waals surface area contributed by atoms with Gasteiger partial charge in [0, 0.05) is 6.07 Å². The van der Waals surface area contributed by atoms with Gasteiger partial charge in [0.1, 0.15) is 5.56 Å². The molecule has 0 saturated heterocycles. The molecule has 2 rings (SSSR count). The highest BCUT2D eigenvalue weighted by Gasteiger charge is 2.61. The molecule has 1 unspecified atom stereocenters. The lowest BCUT2D eigenvalue weighted by Gasteiger charge is -2.34. The lowest BCUT2D eigenvalue weighted by atomic mass is 9.95. The van der Waals surface area contributed by atoms with E-state index in [9.17, 15) is 51.2 Å². The van der Waals surface area contributed by atoms with Crippen LogP contribution in [-0.4, -0.2) is 38.6 Å². The predicted molar refractivity (Wildman–Crippen MR) is 113 cm³/mol. The monoisotopic (exact) mass is 536 g/mol. The topological polar surface area (TPSA) is 144 Å². The van der Waals surface area contributed by atoms with Crippen molar-refractivity contribution in [2.45, 2.75) is 37.4 Å². The van der Waals surface area contributed by atoms with Gasteiger partial charge >= 0.3 is 18.0 Å². The Hall–Kier alpha value is -4.21. The number of rotatable bonds is 9. The molecule has 1 heterocycles. The number of aromatic nitrogens is 1. The first-order valence-corrected chi connectivity index (χ1v) is 10.1. The molecule has 0 fully saturated rings. The van der Waals surface area contributed by atoms with E-state index in [1.807, 2.05) is 0 Å². The Morgan fingerprint density at radius 1 is 1.14 bits per heavy atom. The Balaban J connectivity index is 2.36. The quantitative estimate of drug-likeness (QED) is 0.191. The normalized spacial score (nSPS) is 13.4. The van der Waals surface area contributed by atoms with Gasteiger partial charge in [0.05, 0.1) is 11.5 Å². The first-order valence-electron chi connectivity index (χ1n) is 10.1. The second-order valence-corrected chi connectivity index (χ2v) is 7.32. The molecule has 0 saturated carbocycles. The van der Waals surface area contributed by atoms with Crippen LogP contribution in [-0.2, 0) is 22.3 Å². The molecule has 10 nitrogen and oxygen atoms in total. The van der Waals surface area contributed by atoms with Crippen molar-refractivity contribution in [2.24, 2.45) is 0 Å². The van der Waals surface area contributed by atoms with E-state index in [4.69, 9.17) is 4.74 Å². The molecule has 1 aromatic carbocycles. The van der Waals surface area contributed by atoms with Crippen molar-refractivity contribution in [2.75, 3.05) is 0 Å². The third-order valence-corrected chi connectivity index (χ3v) is 4.84. The highest BCUT2D eigenvalue weighted by atomic mass is 19.4. The number of nitro groups is 1. The van der Waals surface area contributed by atoms with Gasteiger partial charge in [0.25, 0.3) is 11.8 Å². The van der Waals surface area contributed by atoms with E-state index >= 15 is 0 Å². The number of amides is 2. The van der Waals surface area contributed by atoms with Crippen molar-refractivity contribution in [1.82, 2.24) is 15.8 Å². The number of nitrogens with one attached hydrogen (secondary N) is 2. The molecule has 0 radical (unpaired) electrons.